The minimum Gasteiger partial charge on any atom is -0.323 e. The van der Waals surface area contributed by atoms with Crippen LogP contribution in [-0.4, -0.2) is 10.5 Å². The van der Waals surface area contributed by atoms with Gasteiger partial charge in [-0.15, -0.1) is 0 Å². The van der Waals surface area contributed by atoms with Gasteiger partial charge in [0.25, 0.3) is 0 Å². The van der Waals surface area contributed by atoms with E-state index >= 15 is 0 Å². The zero-order chi connectivity index (χ0) is 11.8. The van der Waals surface area contributed by atoms with Crippen LogP contribution in [0.25, 0.3) is 0 Å². The van der Waals surface area contributed by atoms with E-state index < -0.39 is 11.6 Å². The van der Waals surface area contributed by atoms with Crippen LogP contribution < -0.4 is 5.73 Å². The molecule has 0 spiro atoms. The summed E-state index contributed by atoms with van der Waals surface area (Å²) in [7, 11) is 0. The summed E-state index contributed by atoms with van der Waals surface area (Å²) in [6.45, 7) is 2.07. The molecule has 0 saturated carbocycles. The van der Waals surface area contributed by atoms with E-state index in [-0.39, 0.29) is 10.8 Å². The van der Waals surface area contributed by atoms with Gasteiger partial charge in [-0.2, -0.15) is 11.8 Å². The number of hydrogen-bond donors (Lipinski definition) is 1. The van der Waals surface area contributed by atoms with Gasteiger partial charge in [0.15, 0.2) is 0 Å². The normalized spacial score (nSPS) is 27.0. The van der Waals surface area contributed by atoms with Crippen molar-refractivity contribution in [1.29, 1.82) is 0 Å². The van der Waals surface area contributed by atoms with E-state index in [1.54, 1.807) is 11.8 Å². The minimum absolute atomic E-state index is 0.0970. The first-order chi connectivity index (χ1) is 7.51. The van der Waals surface area contributed by atoms with E-state index in [2.05, 4.69) is 6.92 Å². The first-order valence-corrected chi connectivity index (χ1v) is 6.35. The molecule has 1 fully saturated rings. The summed E-state index contributed by atoms with van der Waals surface area (Å²) in [6, 6.07) is 3.22. The van der Waals surface area contributed by atoms with Crippen LogP contribution in [0.5, 0.6) is 0 Å². The van der Waals surface area contributed by atoms with Crippen LogP contribution in [0.4, 0.5) is 8.78 Å². The third kappa shape index (κ3) is 2.23. The molecule has 16 heavy (non-hydrogen) atoms. The molecule has 1 aromatic carbocycles. The van der Waals surface area contributed by atoms with Crippen molar-refractivity contribution in [2.24, 2.45) is 5.73 Å². The van der Waals surface area contributed by atoms with E-state index in [0.29, 0.717) is 5.56 Å². The molecule has 2 rings (SSSR count). The molecule has 1 aliphatic heterocycles. The Hall–Kier alpha value is -0.610. The Morgan fingerprint density at radius 2 is 1.94 bits per heavy atom. The van der Waals surface area contributed by atoms with Crippen molar-refractivity contribution in [3.63, 3.8) is 0 Å². The molecule has 1 nitrogen and oxygen atoms in total. The van der Waals surface area contributed by atoms with Crippen LogP contribution in [0.1, 0.15) is 31.4 Å². The Bertz CT molecular complexity index is 368. The summed E-state index contributed by atoms with van der Waals surface area (Å²) >= 11 is 1.79. The highest BCUT2D eigenvalue weighted by Crippen LogP contribution is 2.45. The van der Waals surface area contributed by atoms with Gasteiger partial charge < -0.3 is 5.73 Å². The fraction of sp³-hybridized carbons (Fsp3) is 0.500. The first-order valence-electron chi connectivity index (χ1n) is 5.37. The topological polar surface area (TPSA) is 26.0 Å². The minimum atomic E-state index is -0.558. The predicted octanol–water partition coefficient (Wildman–Crippen LogP) is 3.25. The fourth-order valence-electron chi connectivity index (χ4n) is 2.15. The number of nitrogens with two attached hydrogens (primary N) is 1. The molecule has 0 radical (unpaired) electrons. The molecule has 1 saturated heterocycles. The molecule has 2 unspecified atom stereocenters. The van der Waals surface area contributed by atoms with E-state index in [1.165, 1.54) is 12.1 Å². The molecule has 1 heterocycles. The second kappa shape index (κ2) is 4.34. The second-order valence-corrected chi connectivity index (χ2v) is 6.07. The maximum absolute atomic E-state index is 13.1. The van der Waals surface area contributed by atoms with E-state index in [1.807, 2.05) is 0 Å². The third-order valence-electron chi connectivity index (χ3n) is 3.15. The van der Waals surface area contributed by atoms with Crippen molar-refractivity contribution in [3.05, 3.63) is 35.4 Å². The third-order valence-corrected chi connectivity index (χ3v) is 4.76. The van der Waals surface area contributed by atoms with Gasteiger partial charge in [-0.05, 0) is 43.2 Å². The quantitative estimate of drug-likeness (QED) is 0.863. The summed E-state index contributed by atoms with van der Waals surface area (Å²) in [5.41, 5.74) is 6.67. The van der Waals surface area contributed by atoms with Crippen molar-refractivity contribution < 1.29 is 8.78 Å². The zero-order valence-electron chi connectivity index (χ0n) is 9.17. The van der Waals surface area contributed by atoms with Crippen LogP contribution in [0.15, 0.2) is 18.2 Å². The standard InChI is InChI=1S/C12H15F2NS/c1-12(3-2-4-16-12)11(15)8-5-9(13)7-10(14)6-8/h5-7,11H,2-4,15H2,1H3. The maximum Gasteiger partial charge on any atom is 0.126 e. The molecule has 4 heteroatoms. The van der Waals surface area contributed by atoms with Crippen molar-refractivity contribution in [3.8, 4) is 0 Å². The SMILES string of the molecule is CC1(C(N)c2cc(F)cc(F)c2)CCCS1. The molecule has 0 bridgehead atoms. The smallest absolute Gasteiger partial charge is 0.126 e. The summed E-state index contributed by atoms with van der Waals surface area (Å²) in [6.07, 6.45) is 2.11. The monoisotopic (exact) mass is 243 g/mol. The summed E-state index contributed by atoms with van der Waals surface area (Å²) in [5.74, 6) is -0.0452. The molecule has 2 atom stereocenters. The van der Waals surface area contributed by atoms with Gasteiger partial charge in [-0.3, -0.25) is 0 Å². The molecule has 1 aromatic rings. The van der Waals surface area contributed by atoms with E-state index in [0.717, 1.165) is 24.7 Å². The largest absolute Gasteiger partial charge is 0.323 e. The molecular formula is C12H15F2NS. The van der Waals surface area contributed by atoms with Crippen LogP contribution >= 0.6 is 11.8 Å². The van der Waals surface area contributed by atoms with Gasteiger partial charge in [0.1, 0.15) is 11.6 Å². The van der Waals surface area contributed by atoms with Crippen molar-refractivity contribution in [2.75, 3.05) is 5.75 Å². The van der Waals surface area contributed by atoms with Gasteiger partial charge in [0.05, 0.1) is 0 Å². The maximum atomic E-state index is 13.1. The lowest BCUT2D eigenvalue weighted by atomic mass is 9.91. The number of benzene rings is 1. The molecule has 2 N–H and O–H groups in total. The van der Waals surface area contributed by atoms with Crippen LogP contribution in [0, 0.1) is 11.6 Å². The number of halogens is 2. The van der Waals surface area contributed by atoms with Gasteiger partial charge in [-0.1, -0.05) is 0 Å². The number of hydrogen-bond acceptors (Lipinski definition) is 2. The summed E-state index contributed by atoms with van der Waals surface area (Å²) < 4.78 is 26.1. The molecule has 0 amide bonds. The van der Waals surface area contributed by atoms with Crippen LogP contribution in [0.2, 0.25) is 0 Å². The summed E-state index contributed by atoms with van der Waals surface area (Å²) in [5, 5.41) is 0. The Morgan fingerprint density at radius 1 is 1.31 bits per heavy atom. The lowest BCUT2D eigenvalue weighted by Gasteiger charge is -2.30. The van der Waals surface area contributed by atoms with E-state index in [9.17, 15) is 8.78 Å². The average Bonchev–Trinajstić information content (AvgIpc) is 2.64. The van der Waals surface area contributed by atoms with Gasteiger partial charge in [-0.25, -0.2) is 8.78 Å². The summed E-state index contributed by atoms with van der Waals surface area (Å²) in [4.78, 5) is 0. The first kappa shape index (κ1) is 11.9. The lowest BCUT2D eigenvalue weighted by Crippen LogP contribution is -2.33. The van der Waals surface area contributed by atoms with Crippen LogP contribution in [-0.2, 0) is 0 Å². The fourth-order valence-corrected chi connectivity index (χ4v) is 3.51. The van der Waals surface area contributed by atoms with E-state index in [4.69, 9.17) is 5.73 Å². The van der Waals surface area contributed by atoms with Crippen molar-refractivity contribution in [2.45, 2.75) is 30.6 Å². The molecule has 88 valence electrons. The Labute approximate surface area is 98.4 Å². The Morgan fingerprint density at radius 3 is 2.44 bits per heavy atom. The highest BCUT2D eigenvalue weighted by Gasteiger charge is 2.36. The molecule has 1 aliphatic rings. The highest BCUT2D eigenvalue weighted by molar-refractivity contribution is 8.00. The average molecular weight is 243 g/mol. The highest BCUT2D eigenvalue weighted by atomic mass is 32.2. The van der Waals surface area contributed by atoms with Gasteiger partial charge in [0, 0.05) is 16.9 Å². The van der Waals surface area contributed by atoms with Gasteiger partial charge in [0.2, 0.25) is 0 Å². The van der Waals surface area contributed by atoms with Crippen molar-refractivity contribution >= 4 is 11.8 Å². The van der Waals surface area contributed by atoms with Gasteiger partial charge >= 0.3 is 0 Å². The molecule has 0 aliphatic carbocycles. The Balaban J connectivity index is 2.29. The second-order valence-electron chi connectivity index (χ2n) is 4.45. The number of thioether (sulfide) groups is 1. The molecule has 0 aromatic heterocycles. The lowest BCUT2D eigenvalue weighted by molar-refractivity contribution is 0.493. The van der Waals surface area contributed by atoms with Crippen molar-refractivity contribution in [1.82, 2.24) is 0 Å². The zero-order valence-corrected chi connectivity index (χ0v) is 9.99. The molecular weight excluding hydrogens is 228 g/mol. The van der Waals surface area contributed by atoms with Crippen LogP contribution in [0.3, 0.4) is 0 Å². The Kier molecular flexibility index (Phi) is 3.22. The predicted molar refractivity (Wildman–Crippen MR) is 63.4 cm³/mol. The number of rotatable bonds is 2.